The Morgan fingerprint density at radius 3 is 2.68 bits per heavy atom. The number of rotatable bonds is 8. The molecule has 1 aromatic heterocycles. The predicted molar refractivity (Wildman–Crippen MR) is 117 cm³/mol. The summed E-state index contributed by atoms with van der Waals surface area (Å²) in [5.74, 6) is 1.57. The maximum atomic E-state index is 12.8. The van der Waals surface area contributed by atoms with Crippen LogP contribution in [0.2, 0.25) is 0 Å². The van der Waals surface area contributed by atoms with Gasteiger partial charge in [-0.2, -0.15) is 0 Å². The summed E-state index contributed by atoms with van der Waals surface area (Å²) in [5, 5.41) is 7.65. The van der Waals surface area contributed by atoms with Crippen molar-refractivity contribution >= 4 is 53.0 Å². The van der Waals surface area contributed by atoms with Gasteiger partial charge in [0, 0.05) is 29.6 Å². The number of nitrogens with one attached hydrogen (secondary N) is 2. The van der Waals surface area contributed by atoms with E-state index in [4.69, 9.17) is 0 Å². The molecule has 0 atom stereocenters. The van der Waals surface area contributed by atoms with Gasteiger partial charge in [0.2, 0.25) is 0 Å². The molecule has 2 aromatic rings. The third-order valence-electron chi connectivity index (χ3n) is 3.28. The Kier molecular flexibility index (Phi) is 11.1. The lowest BCUT2D eigenvalue weighted by atomic mass is 10.4. The fourth-order valence-electron chi connectivity index (χ4n) is 1.97. The van der Waals surface area contributed by atoms with E-state index >= 15 is 0 Å². The van der Waals surface area contributed by atoms with Gasteiger partial charge in [-0.25, -0.2) is 9.37 Å². The average Bonchev–Trinajstić information content (AvgIpc) is 3.07. The second-order valence-corrected chi connectivity index (χ2v) is 7.45. The first-order valence-electron chi connectivity index (χ1n) is 7.97. The van der Waals surface area contributed by atoms with Gasteiger partial charge in [0.05, 0.1) is 6.54 Å². The summed E-state index contributed by atoms with van der Waals surface area (Å²) in [5.41, 5.74) is 0. The number of thioether (sulfide) groups is 1. The monoisotopic (exact) mass is 494 g/mol. The number of hydrogen-bond donors (Lipinski definition) is 2. The third-order valence-corrected chi connectivity index (χ3v) is 5.52. The highest BCUT2D eigenvalue weighted by Gasteiger charge is 2.02. The van der Waals surface area contributed by atoms with Crippen LogP contribution in [0.1, 0.15) is 23.2 Å². The number of hydrogen-bond acceptors (Lipinski definition) is 4. The molecule has 138 valence electrons. The van der Waals surface area contributed by atoms with Crippen LogP contribution in [0.3, 0.4) is 0 Å². The van der Waals surface area contributed by atoms with Crippen LogP contribution in [0.4, 0.5) is 4.39 Å². The topological polar surface area (TPSA) is 49.3 Å². The molecule has 0 amide bonds. The number of guanidine groups is 1. The lowest BCUT2D eigenvalue weighted by molar-refractivity contribution is 0.626. The van der Waals surface area contributed by atoms with Crippen molar-refractivity contribution in [3.05, 3.63) is 46.2 Å². The molecule has 2 N–H and O–H groups in total. The summed E-state index contributed by atoms with van der Waals surface area (Å²) >= 11 is 3.46. The molecule has 2 rings (SSSR count). The van der Waals surface area contributed by atoms with E-state index in [0.29, 0.717) is 6.54 Å². The zero-order valence-corrected chi connectivity index (χ0v) is 18.4. The first-order valence-corrected chi connectivity index (χ1v) is 9.78. The van der Waals surface area contributed by atoms with Gasteiger partial charge in [-0.1, -0.05) is 6.92 Å². The summed E-state index contributed by atoms with van der Waals surface area (Å²) in [6.07, 6.45) is 3.96. The lowest BCUT2D eigenvalue weighted by Gasteiger charge is -2.10. The molecular formula is C17H24FIN4S2. The molecule has 25 heavy (non-hydrogen) atoms. The molecule has 1 aromatic carbocycles. The van der Waals surface area contributed by atoms with Crippen LogP contribution < -0.4 is 10.6 Å². The predicted octanol–water partition coefficient (Wildman–Crippen LogP) is 4.31. The first-order chi connectivity index (χ1) is 11.7. The summed E-state index contributed by atoms with van der Waals surface area (Å²) in [7, 11) is 1.77. The molecule has 0 radical (unpaired) electrons. The summed E-state index contributed by atoms with van der Waals surface area (Å²) in [4.78, 5) is 11.0. The van der Waals surface area contributed by atoms with Gasteiger partial charge in [-0.3, -0.25) is 4.99 Å². The first kappa shape index (κ1) is 22.2. The van der Waals surface area contributed by atoms with Crippen LogP contribution in [-0.4, -0.2) is 30.3 Å². The van der Waals surface area contributed by atoms with Gasteiger partial charge in [0.25, 0.3) is 0 Å². The Balaban J connectivity index is 0.00000312. The van der Waals surface area contributed by atoms with Gasteiger partial charge >= 0.3 is 0 Å². The fraction of sp³-hybridized carbons (Fsp3) is 0.412. The van der Waals surface area contributed by atoms with Crippen molar-refractivity contribution in [1.29, 1.82) is 0 Å². The smallest absolute Gasteiger partial charge is 0.191 e. The minimum Gasteiger partial charge on any atom is -0.356 e. The van der Waals surface area contributed by atoms with Crippen LogP contribution in [-0.2, 0) is 13.0 Å². The Hall–Kier alpha value is -0.870. The van der Waals surface area contributed by atoms with Gasteiger partial charge in [0.1, 0.15) is 10.8 Å². The molecule has 4 nitrogen and oxygen atoms in total. The van der Waals surface area contributed by atoms with Crippen LogP contribution in [0.25, 0.3) is 0 Å². The van der Waals surface area contributed by atoms with E-state index in [0.717, 1.165) is 41.0 Å². The van der Waals surface area contributed by atoms with E-state index in [-0.39, 0.29) is 29.8 Å². The van der Waals surface area contributed by atoms with Crippen molar-refractivity contribution in [2.75, 3.05) is 19.3 Å². The zero-order valence-electron chi connectivity index (χ0n) is 14.4. The number of aromatic nitrogens is 1. The minimum atomic E-state index is -0.192. The maximum Gasteiger partial charge on any atom is 0.191 e. The standard InChI is InChI=1S/C17H23FN4S2.HI/c1-3-14-11-21-16(24-14)12-22-17(19-2)20-9-4-10-23-15-7-5-13(18)6-8-15;/h5-8,11H,3-4,9-10,12H2,1-2H3,(H2,19,20,22);1H. The molecule has 0 fully saturated rings. The van der Waals surface area contributed by atoms with E-state index in [1.165, 1.54) is 17.0 Å². The molecule has 0 aliphatic rings. The summed E-state index contributed by atoms with van der Waals surface area (Å²) in [6, 6.07) is 6.61. The number of nitrogens with zero attached hydrogens (tertiary/aromatic N) is 2. The van der Waals surface area contributed by atoms with Crippen molar-refractivity contribution in [2.24, 2.45) is 4.99 Å². The molecule has 0 aliphatic heterocycles. The molecule has 0 bridgehead atoms. The number of halogens is 2. The zero-order chi connectivity index (χ0) is 17.2. The van der Waals surface area contributed by atoms with E-state index in [1.807, 2.05) is 18.3 Å². The van der Waals surface area contributed by atoms with Crippen LogP contribution in [0.5, 0.6) is 0 Å². The molecular weight excluding hydrogens is 470 g/mol. The molecule has 0 aliphatic carbocycles. The molecule has 0 spiro atoms. The van der Waals surface area contributed by atoms with E-state index in [1.54, 1.807) is 30.1 Å². The van der Waals surface area contributed by atoms with Crippen molar-refractivity contribution in [3.8, 4) is 0 Å². The fourth-order valence-corrected chi connectivity index (χ4v) is 3.63. The molecule has 8 heteroatoms. The average molecular weight is 494 g/mol. The van der Waals surface area contributed by atoms with Gasteiger partial charge in [-0.05, 0) is 42.9 Å². The molecule has 0 unspecified atom stereocenters. The SMILES string of the molecule is CCc1cnc(CNC(=NC)NCCCSc2ccc(F)cc2)s1.I. The van der Waals surface area contributed by atoms with Crippen LogP contribution in [0.15, 0.2) is 40.4 Å². The highest BCUT2D eigenvalue weighted by Crippen LogP contribution is 2.18. The van der Waals surface area contributed by atoms with E-state index in [2.05, 4.69) is 27.5 Å². The number of aliphatic imine (C=N–C) groups is 1. The highest BCUT2D eigenvalue weighted by molar-refractivity contribution is 14.0. The van der Waals surface area contributed by atoms with E-state index < -0.39 is 0 Å². The summed E-state index contributed by atoms with van der Waals surface area (Å²) in [6.45, 7) is 3.66. The van der Waals surface area contributed by atoms with Crippen molar-refractivity contribution in [3.63, 3.8) is 0 Å². The Labute approximate surface area is 174 Å². The second-order valence-electron chi connectivity index (χ2n) is 5.08. The largest absolute Gasteiger partial charge is 0.356 e. The van der Waals surface area contributed by atoms with Crippen LogP contribution in [0, 0.1) is 5.82 Å². The summed E-state index contributed by atoms with van der Waals surface area (Å²) < 4.78 is 12.8. The normalized spacial score (nSPS) is 11.1. The lowest BCUT2D eigenvalue weighted by Crippen LogP contribution is -2.37. The van der Waals surface area contributed by atoms with Crippen molar-refractivity contribution in [1.82, 2.24) is 15.6 Å². The molecule has 0 saturated heterocycles. The van der Waals surface area contributed by atoms with Gasteiger partial charge in [-0.15, -0.1) is 47.1 Å². The van der Waals surface area contributed by atoms with Crippen molar-refractivity contribution in [2.45, 2.75) is 31.2 Å². The van der Waals surface area contributed by atoms with Crippen molar-refractivity contribution < 1.29 is 4.39 Å². The van der Waals surface area contributed by atoms with E-state index in [9.17, 15) is 4.39 Å². The van der Waals surface area contributed by atoms with Gasteiger partial charge in [0.15, 0.2) is 5.96 Å². The number of aryl methyl sites for hydroxylation is 1. The molecule has 1 heterocycles. The Morgan fingerprint density at radius 2 is 2.04 bits per heavy atom. The second kappa shape index (κ2) is 12.5. The third kappa shape index (κ3) is 8.37. The van der Waals surface area contributed by atoms with Gasteiger partial charge < -0.3 is 10.6 Å². The maximum absolute atomic E-state index is 12.8. The highest BCUT2D eigenvalue weighted by atomic mass is 127. The minimum absolute atomic E-state index is 0. The quantitative estimate of drug-likeness (QED) is 0.189. The molecule has 0 saturated carbocycles. The number of benzene rings is 1. The Bertz CT molecular complexity index is 646. The number of thiazole rings is 1. The van der Waals surface area contributed by atoms with Crippen LogP contribution >= 0.6 is 47.1 Å². The Morgan fingerprint density at radius 1 is 1.28 bits per heavy atom.